The van der Waals surface area contributed by atoms with E-state index in [0.29, 0.717) is 16.3 Å². The number of hydrogen-bond acceptors (Lipinski definition) is 4. The summed E-state index contributed by atoms with van der Waals surface area (Å²) < 4.78 is 1.66. The van der Waals surface area contributed by atoms with Crippen LogP contribution in [0.5, 0.6) is 0 Å². The summed E-state index contributed by atoms with van der Waals surface area (Å²) in [5.41, 5.74) is 0.921. The third-order valence-corrected chi connectivity index (χ3v) is 3.43. The van der Waals surface area contributed by atoms with E-state index in [0.717, 1.165) is 11.3 Å². The highest BCUT2D eigenvalue weighted by atomic mass is 32.1. The first-order chi connectivity index (χ1) is 8.47. The van der Waals surface area contributed by atoms with E-state index >= 15 is 0 Å². The molecule has 0 aliphatic rings. The molecule has 2 heterocycles. The summed E-state index contributed by atoms with van der Waals surface area (Å²) in [5, 5.41) is 12.0. The molecule has 7 heteroatoms. The van der Waals surface area contributed by atoms with Gasteiger partial charge in [0.2, 0.25) is 0 Å². The maximum Gasteiger partial charge on any atom is 0.346 e. The van der Waals surface area contributed by atoms with Gasteiger partial charge in [-0.1, -0.05) is 0 Å². The minimum absolute atomic E-state index is 0.228. The van der Waals surface area contributed by atoms with E-state index in [1.807, 2.05) is 0 Å². The number of nitrogens with one attached hydrogen (secondary N) is 1. The molecule has 1 amide bonds. The van der Waals surface area contributed by atoms with E-state index in [1.165, 1.54) is 6.33 Å². The van der Waals surface area contributed by atoms with Gasteiger partial charge in [-0.05, 0) is 18.6 Å². The van der Waals surface area contributed by atoms with E-state index in [1.54, 1.807) is 30.8 Å². The van der Waals surface area contributed by atoms with Crippen LogP contribution in [0.2, 0.25) is 0 Å². The minimum atomic E-state index is -0.990. The van der Waals surface area contributed by atoms with Gasteiger partial charge < -0.3 is 15.0 Å². The number of aromatic nitrogens is 2. The van der Waals surface area contributed by atoms with Crippen LogP contribution in [0.15, 0.2) is 18.6 Å². The number of imidazole rings is 1. The molecule has 0 spiro atoms. The molecule has 0 unspecified atom stereocenters. The van der Waals surface area contributed by atoms with E-state index < -0.39 is 5.97 Å². The maximum atomic E-state index is 11.8. The Morgan fingerprint density at radius 1 is 1.50 bits per heavy atom. The topological polar surface area (TPSA) is 84.2 Å². The highest BCUT2D eigenvalue weighted by Crippen LogP contribution is 2.26. The number of aryl methyl sites for hydroxylation is 2. The van der Waals surface area contributed by atoms with E-state index in [9.17, 15) is 9.59 Å². The number of hydrogen-bond donors (Lipinski definition) is 2. The van der Waals surface area contributed by atoms with Crippen molar-refractivity contribution in [2.24, 2.45) is 7.05 Å². The Morgan fingerprint density at radius 3 is 2.72 bits per heavy atom. The van der Waals surface area contributed by atoms with Gasteiger partial charge in [-0.15, -0.1) is 11.3 Å². The number of thiophene rings is 1. The zero-order valence-corrected chi connectivity index (χ0v) is 10.6. The average molecular weight is 265 g/mol. The molecule has 0 saturated carbocycles. The number of rotatable bonds is 3. The van der Waals surface area contributed by atoms with Crippen LogP contribution in [-0.4, -0.2) is 26.5 Å². The highest BCUT2D eigenvalue weighted by Gasteiger charge is 2.15. The van der Waals surface area contributed by atoms with E-state index in [-0.39, 0.29) is 10.8 Å². The third-order valence-electron chi connectivity index (χ3n) is 2.29. The lowest BCUT2D eigenvalue weighted by molar-refractivity contribution is 0.0701. The van der Waals surface area contributed by atoms with Crippen LogP contribution < -0.4 is 5.32 Å². The van der Waals surface area contributed by atoms with Gasteiger partial charge in [0.05, 0.1) is 11.3 Å². The van der Waals surface area contributed by atoms with Crippen molar-refractivity contribution in [3.63, 3.8) is 0 Å². The molecule has 18 heavy (non-hydrogen) atoms. The summed E-state index contributed by atoms with van der Waals surface area (Å²) in [7, 11) is 1.77. The van der Waals surface area contributed by atoms with Gasteiger partial charge in [-0.25, -0.2) is 9.78 Å². The molecule has 0 aromatic carbocycles. The molecule has 94 valence electrons. The van der Waals surface area contributed by atoms with Crippen LogP contribution in [0.3, 0.4) is 0 Å². The van der Waals surface area contributed by atoms with Gasteiger partial charge in [0.1, 0.15) is 10.6 Å². The van der Waals surface area contributed by atoms with Crippen molar-refractivity contribution >= 4 is 28.2 Å². The Morgan fingerprint density at radius 2 is 2.22 bits per heavy atom. The molecule has 2 aromatic heterocycles. The first kappa shape index (κ1) is 12.3. The molecular formula is C11H11N3O3S. The Labute approximate surface area is 107 Å². The summed E-state index contributed by atoms with van der Waals surface area (Å²) in [6.45, 7) is 1.69. The fourth-order valence-electron chi connectivity index (χ4n) is 1.46. The fraction of sp³-hybridized carbons (Fsp3) is 0.182. The van der Waals surface area contributed by atoms with Crippen molar-refractivity contribution in [1.82, 2.24) is 9.55 Å². The first-order valence-electron chi connectivity index (χ1n) is 5.10. The standard InChI is InChI=1S/C11H11N3O3S/c1-6-3-8(18-9(6)11(16)17)13-10(15)7-4-14(2)5-12-7/h3-5H,1-2H3,(H,13,15)(H,16,17). The molecule has 0 fully saturated rings. The Bertz CT molecular complexity index is 615. The summed E-state index contributed by atoms with van der Waals surface area (Å²) >= 11 is 1.03. The van der Waals surface area contributed by atoms with Gasteiger partial charge in [0.15, 0.2) is 0 Å². The SMILES string of the molecule is Cc1cc(NC(=O)c2cn(C)cn2)sc1C(=O)O. The lowest BCUT2D eigenvalue weighted by Gasteiger charge is -1.97. The molecular weight excluding hydrogens is 254 g/mol. The zero-order valence-electron chi connectivity index (χ0n) is 9.80. The van der Waals surface area contributed by atoms with Crippen molar-refractivity contribution < 1.29 is 14.7 Å². The second-order valence-corrected chi connectivity index (χ2v) is 4.86. The zero-order chi connectivity index (χ0) is 13.3. The Hall–Kier alpha value is -2.15. The number of amides is 1. The molecule has 0 atom stereocenters. The lowest BCUT2D eigenvalue weighted by Crippen LogP contribution is -2.11. The number of anilines is 1. The van der Waals surface area contributed by atoms with Crippen molar-refractivity contribution in [2.45, 2.75) is 6.92 Å². The van der Waals surface area contributed by atoms with Crippen LogP contribution in [0.1, 0.15) is 25.7 Å². The molecule has 0 aliphatic heterocycles. The molecule has 0 saturated heterocycles. The molecule has 0 aliphatic carbocycles. The quantitative estimate of drug-likeness (QED) is 0.885. The van der Waals surface area contributed by atoms with Gasteiger partial charge in [0.25, 0.3) is 5.91 Å². The number of carbonyl (C=O) groups excluding carboxylic acids is 1. The van der Waals surface area contributed by atoms with Crippen molar-refractivity contribution in [3.05, 3.63) is 34.7 Å². The highest BCUT2D eigenvalue weighted by molar-refractivity contribution is 7.18. The molecule has 0 bridgehead atoms. The summed E-state index contributed by atoms with van der Waals surface area (Å²) in [5.74, 6) is -1.34. The molecule has 2 aromatic rings. The fourth-order valence-corrected chi connectivity index (χ4v) is 2.37. The molecule has 6 nitrogen and oxygen atoms in total. The third kappa shape index (κ3) is 2.40. The summed E-state index contributed by atoms with van der Waals surface area (Å²) in [6, 6.07) is 1.63. The van der Waals surface area contributed by atoms with Crippen LogP contribution in [-0.2, 0) is 7.05 Å². The van der Waals surface area contributed by atoms with Crippen LogP contribution in [0.4, 0.5) is 5.00 Å². The number of carbonyl (C=O) groups is 2. The smallest absolute Gasteiger partial charge is 0.346 e. The predicted molar refractivity (Wildman–Crippen MR) is 67.2 cm³/mol. The monoisotopic (exact) mass is 265 g/mol. The number of aromatic carboxylic acids is 1. The lowest BCUT2D eigenvalue weighted by atomic mass is 10.3. The van der Waals surface area contributed by atoms with Crippen molar-refractivity contribution in [3.8, 4) is 0 Å². The molecule has 0 radical (unpaired) electrons. The van der Waals surface area contributed by atoms with Crippen molar-refractivity contribution in [1.29, 1.82) is 0 Å². The summed E-state index contributed by atoms with van der Waals surface area (Å²) in [6.07, 6.45) is 3.12. The Balaban J connectivity index is 2.17. The molecule has 2 rings (SSSR count). The largest absolute Gasteiger partial charge is 0.477 e. The minimum Gasteiger partial charge on any atom is -0.477 e. The van der Waals surface area contributed by atoms with E-state index in [2.05, 4.69) is 10.3 Å². The molecule has 2 N–H and O–H groups in total. The van der Waals surface area contributed by atoms with Gasteiger partial charge in [-0.2, -0.15) is 0 Å². The second kappa shape index (κ2) is 4.61. The average Bonchev–Trinajstić information content (AvgIpc) is 2.85. The van der Waals surface area contributed by atoms with Crippen LogP contribution >= 0.6 is 11.3 Å². The number of carboxylic acids is 1. The van der Waals surface area contributed by atoms with Gasteiger partial charge in [-0.3, -0.25) is 4.79 Å². The first-order valence-corrected chi connectivity index (χ1v) is 5.92. The number of carboxylic acid groups (broad SMARTS) is 1. The van der Waals surface area contributed by atoms with Crippen LogP contribution in [0.25, 0.3) is 0 Å². The van der Waals surface area contributed by atoms with E-state index in [4.69, 9.17) is 5.11 Å². The summed E-state index contributed by atoms with van der Waals surface area (Å²) in [4.78, 5) is 26.8. The van der Waals surface area contributed by atoms with Crippen LogP contribution in [0, 0.1) is 6.92 Å². The second-order valence-electron chi connectivity index (χ2n) is 3.81. The van der Waals surface area contributed by atoms with Crippen molar-refractivity contribution in [2.75, 3.05) is 5.32 Å². The van der Waals surface area contributed by atoms with Gasteiger partial charge >= 0.3 is 5.97 Å². The number of nitrogens with zero attached hydrogens (tertiary/aromatic N) is 2. The predicted octanol–water partition coefficient (Wildman–Crippen LogP) is 1.74. The normalized spacial score (nSPS) is 10.3. The van der Waals surface area contributed by atoms with Gasteiger partial charge in [0, 0.05) is 13.2 Å². The maximum absolute atomic E-state index is 11.8. The Kier molecular flexibility index (Phi) is 3.15.